The van der Waals surface area contributed by atoms with Gasteiger partial charge in [0.1, 0.15) is 0 Å². The molecule has 0 bridgehead atoms. The minimum Gasteiger partial charge on any atom is -1.00 e. The quantitative estimate of drug-likeness (QED) is 0.525. The molecule has 0 aromatic rings. The van der Waals surface area contributed by atoms with Gasteiger partial charge >= 0.3 is 1.43 Å². The Bertz CT molecular complexity index is 88.1. The summed E-state index contributed by atoms with van der Waals surface area (Å²) in [5, 5.41) is 0. The predicted octanol–water partition coefficient (Wildman–Crippen LogP) is -0.508. The van der Waals surface area contributed by atoms with E-state index < -0.39 is 0 Å². The fraction of sp³-hybridized carbons (Fsp3) is 0.500. The Hall–Kier alpha value is -0.430. The van der Waals surface area contributed by atoms with Crippen LogP contribution in [0.2, 0.25) is 0 Å². The third-order valence-corrected chi connectivity index (χ3v) is 1.24. The van der Waals surface area contributed by atoms with Crippen molar-refractivity contribution >= 4 is 0 Å². The first kappa shape index (κ1) is 12.3. The van der Waals surface area contributed by atoms with Crippen molar-refractivity contribution in [3.05, 3.63) is 25.6 Å². The highest BCUT2D eigenvalue weighted by Gasteiger charge is 1.87. The van der Waals surface area contributed by atoms with Crippen molar-refractivity contribution in [1.29, 1.82) is 0 Å². The summed E-state index contributed by atoms with van der Waals surface area (Å²) in [4.78, 5) is 1.99. The second-order valence-corrected chi connectivity index (χ2v) is 1.96. The molecule has 10 heavy (non-hydrogen) atoms. The molecule has 0 aromatic carbocycles. The van der Waals surface area contributed by atoms with Crippen LogP contribution in [0.1, 0.15) is 21.2 Å². The van der Waals surface area contributed by atoms with Crippen LogP contribution in [-0.2, 0) is 0 Å². The molecular weight excluding hydrogens is 146 g/mol. The summed E-state index contributed by atoms with van der Waals surface area (Å²) >= 11 is 0. The van der Waals surface area contributed by atoms with Gasteiger partial charge in [-0.3, -0.25) is 0 Å². The van der Waals surface area contributed by atoms with E-state index in [2.05, 4.69) is 20.1 Å². The lowest BCUT2D eigenvalue weighted by molar-refractivity contribution is -0.00000202. The molecule has 0 rings (SSSR count). The molecule has 0 atom stereocenters. The smallest absolute Gasteiger partial charge is 1.00 e. The minimum absolute atomic E-state index is 0. The third kappa shape index (κ3) is 5.70. The van der Waals surface area contributed by atoms with Crippen LogP contribution in [0.5, 0.6) is 0 Å². The molecule has 60 valence electrons. The number of rotatable bonds is 5. The van der Waals surface area contributed by atoms with E-state index in [4.69, 9.17) is 0 Å². The van der Waals surface area contributed by atoms with Gasteiger partial charge in [0, 0.05) is 6.54 Å². The van der Waals surface area contributed by atoms with Crippen molar-refractivity contribution in [2.45, 2.75) is 19.8 Å². The van der Waals surface area contributed by atoms with Gasteiger partial charge in [-0.2, -0.15) is 0 Å². The molecule has 0 aliphatic heterocycles. The van der Waals surface area contributed by atoms with Crippen molar-refractivity contribution in [1.82, 2.24) is 4.90 Å². The molecule has 0 unspecified atom stereocenters. The van der Waals surface area contributed by atoms with Gasteiger partial charge in [0.2, 0.25) is 0 Å². The van der Waals surface area contributed by atoms with Crippen molar-refractivity contribution in [3.63, 3.8) is 0 Å². The largest absolute Gasteiger partial charge is 1.00 e. The highest BCUT2D eigenvalue weighted by Crippen LogP contribution is 1.93. The van der Waals surface area contributed by atoms with Crippen LogP contribution in [0, 0.1) is 0 Å². The van der Waals surface area contributed by atoms with Crippen LogP contribution >= 0.6 is 0 Å². The zero-order valence-electron chi connectivity index (χ0n) is 7.52. The highest BCUT2D eigenvalue weighted by atomic mass is 35.5. The Morgan fingerprint density at radius 1 is 1.40 bits per heavy atom. The van der Waals surface area contributed by atoms with Gasteiger partial charge in [0.05, 0.1) is 0 Å². The second kappa shape index (κ2) is 8.57. The highest BCUT2D eigenvalue weighted by molar-refractivity contribution is 4.79. The van der Waals surface area contributed by atoms with Crippen molar-refractivity contribution in [2.75, 3.05) is 6.54 Å². The maximum Gasteiger partial charge on any atom is 1.00 e. The molecular formula is C8H16ClN. The average Bonchev–Trinajstić information content (AvgIpc) is 1.91. The molecule has 0 saturated heterocycles. The van der Waals surface area contributed by atoms with Crippen molar-refractivity contribution in [3.8, 4) is 0 Å². The van der Waals surface area contributed by atoms with Gasteiger partial charge < -0.3 is 17.3 Å². The van der Waals surface area contributed by atoms with E-state index in [1.54, 1.807) is 12.4 Å². The summed E-state index contributed by atoms with van der Waals surface area (Å²) in [5.41, 5.74) is 0. The number of hydrogen-bond acceptors (Lipinski definition) is 1. The van der Waals surface area contributed by atoms with E-state index in [0.29, 0.717) is 0 Å². The molecule has 0 fully saturated rings. The van der Waals surface area contributed by atoms with Crippen molar-refractivity contribution in [2.24, 2.45) is 0 Å². The molecule has 0 spiro atoms. The van der Waals surface area contributed by atoms with E-state index in [9.17, 15) is 0 Å². The van der Waals surface area contributed by atoms with Gasteiger partial charge in [-0.25, -0.2) is 0 Å². The summed E-state index contributed by atoms with van der Waals surface area (Å²) in [6.07, 6.45) is 6.02. The lowest BCUT2D eigenvalue weighted by Crippen LogP contribution is -3.00. The molecule has 0 heterocycles. The molecule has 0 aromatic heterocycles. The zero-order chi connectivity index (χ0) is 7.11. The molecule has 0 aliphatic carbocycles. The number of halogens is 1. The lowest BCUT2D eigenvalue weighted by Gasteiger charge is -2.12. The fourth-order valence-electron chi connectivity index (χ4n) is 0.598. The average molecular weight is 162 g/mol. The van der Waals surface area contributed by atoms with E-state index in [1.165, 1.54) is 12.8 Å². The summed E-state index contributed by atoms with van der Waals surface area (Å²) in [6.45, 7) is 10.5. The Balaban J connectivity index is -0.000000320. The van der Waals surface area contributed by atoms with Crippen LogP contribution in [0.3, 0.4) is 0 Å². The predicted molar refractivity (Wildman–Crippen MR) is 43.1 cm³/mol. The maximum atomic E-state index is 3.64. The first-order chi connectivity index (χ1) is 4.35. The number of unbranched alkanes of at least 4 members (excludes halogenated alkanes) is 1. The Labute approximate surface area is 71.3 Å². The SMILES string of the molecule is C=CN(C=C)CCCC.[Cl-].[H+]. The molecule has 0 radical (unpaired) electrons. The van der Waals surface area contributed by atoms with E-state index in [-0.39, 0.29) is 13.8 Å². The zero-order valence-corrected chi connectivity index (χ0v) is 7.27. The molecule has 1 nitrogen and oxygen atoms in total. The standard InChI is InChI=1S/C8H15N.ClH/c1-4-7-8-9(5-2)6-3;/h5-6H,2-4,7-8H2,1H3;1H. The van der Waals surface area contributed by atoms with Crippen LogP contribution in [0.25, 0.3) is 0 Å². The van der Waals surface area contributed by atoms with Crippen LogP contribution in [-0.4, -0.2) is 11.4 Å². The van der Waals surface area contributed by atoms with Gasteiger partial charge in [-0.1, -0.05) is 26.5 Å². The Morgan fingerprint density at radius 2 is 1.90 bits per heavy atom. The Kier molecular flexibility index (Phi) is 10.5. The monoisotopic (exact) mass is 161 g/mol. The topological polar surface area (TPSA) is 3.24 Å². The van der Waals surface area contributed by atoms with Gasteiger partial charge in [-0.15, -0.1) is 0 Å². The first-order valence-corrected chi connectivity index (χ1v) is 3.36. The van der Waals surface area contributed by atoms with Crippen molar-refractivity contribution < 1.29 is 13.8 Å². The van der Waals surface area contributed by atoms with Crippen LogP contribution < -0.4 is 12.4 Å². The van der Waals surface area contributed by atoms with E-state index >= 15 is 0 Å². The van der Waals surface area contributed by atoms with Crippen LogP contribution in [0.15, 0.2) is 25.6 Å². The summed E-state index contributed by atoms with van der Waals surface area (Å²) in [6, 6.07) is 0. The lowest BCUT2D eigenvalue weighted by atomic mass is 10.3. The molecule has 0 aliphatic rings. The van der Waals surface area contributed by atoms with Crippen LogP contribution in [0.4, 0.5) is 0 Å². The van der Waals surface area contributed by atoms with Gasteiger partial charge in [0.15, 0.2) is 0 Å². The maximum absolute atomic E-state index is 3.64. The van der Waals surface area contributed by atoms with E-state index in [0.717, 1.165) is 6.54 Å². The fourth-order valence-corrected chi connectivity index (χ4v) is 0.598. The molecule has 0 saturated carbocycles. The normalized spacial score (nSPS) is 7.70. The first-order valence-electron chi connectivity index (χ1n) is 3.36. The number of hydrogen-bond donors (Lipinski definition) is 0. The second-order valence-electron chi connectivity index (χ2n) is 1.96. The van der Waals surface area contributed by atoms with Gasteiger partial charge in [-0.05, 0) is 18.8 Å². The molecule has 0 N–H and O–H groups in total. The molecule has 0 amide bonds. The summed E-state index contributed by atoms with van der Waals surface area (Å²) < 4.78 is 0. The summed E-state index contributed by atoms with van der Waals surface area (Å²) in [5.74, 6) is 0. The van der Waals surface area contributed by atoms with E-state index in [1.807, 2.05) is 4.90 Å². The third-order valence-electron chi connectivity index (χ3n) is 1.24. The van der Waals surface area contributed by atoms with Gasteiger partial charge in [0.25, 0.3) is 0 Å². The Morgan fingerprint density at radius 3 is 2.20 bits per heavy atom. The molecule has 2 heteroatoms. The number of nitrogens with zero attached hydrogens (tertiary/aromatic N) is 1. The summed E-state index contributed by atoms with van der Waals surface area (Å²) in [7, 11) is 0. The minimum atomic E-state index is 0.